The van der Waals surface area contributed by atoms with E-state index in [2.05, 4.69) is 9.97 Å². The second-order valence-electron chi connectivity index (χ2n) is 8.93. The van der Waals surface area contributed by atoms with E-state index in [9.17, 15) is 15.0 Å². The Bertz CT molecular complexity index is 1300. The number of aliphatic hydroxyl groups is 1. The van der Waals surface area contributed by atoms with Crippen LogP contribution in [0, 0.1) is 11.6 Å². The minimum Gasteiger partial charge on any atom is -0.477 e. The second kappa shape index (κ2) is 8.96. The molecule has 3 aliphatic heterocycles. The highest BCUT2D eigenvalue weighted by Gasteiger charge is 2.49. The van der Waals surface area contributed by atoms with Crippen LogP contribution in [0.25, 0.3) is 22.3 Å². The quantitative estimate of drug-likeness (QED) is 0.479. The lowest BCUT2D eigenvalue weighted by molar-refractivity contribution is 0.00766. The van der Waals surface area contributed by atoms with Gasteiger partial charge in [0.05, 0.1) is 43.2 Å². The monoisotopic (exact) mass is 503 g/mol. The first-order chi connectivity index (χ1) is 17.4. The summed E-state index contributed by atoms with van der Waals surface area (Å²) in [4.78, 5) is 21.2. The molecule has 3 fully saturated rings. The lowest BCUT2D eigenvalue weighted by atomic mass is 10.1. The van der Waals surface area contributed by atoms with Crippen molar-refractivity contribution >= 4 is 22.7 Å². The number of H-pyrrole nitrogens is 1. The molecular weight excluding hydrogens is 480 g/mol. The standard InChI is InChI=1S/C24H23F2N3O7/c25-12-7-11(29-3-5-33-6-4-29)8-13(26)18(12)14-1-2-15-20(27-14)19(24(31)32)23(28-15)36-17-10-35-21-16(30)9-34-22(17)21/h1-2,7-8,16-17,21-22,28,30H,3-6,9-10H2,(H,31,32)/t16-,17-,21-,22-/m1/s1. The summed E-state index contributed by atoms with van der Waals surface area (Å²) in [6.45, 7) is 2.19. The van der Waals surface area contributed by atoms with Crippen molar-refractivity contribution in [2.75, 3.05) is 44.4 Å². The van der Waals surface area contributed by atoms with Crippen molar-refractivity contribution < 1.29 is 42.7 Å². The lowest BCUT2D eigenvalue weighted by Gasteiger charge is -2.29. The summed E-state index contributed by atoms with van der Waals surface area (Å²) in [6, 6.07) is 5.39. The van der Waals surface area contributed by atoms with Gasteiger partial charge in [-0.2, -0.15) is 0 Å². The van der Waals surface area contributed by atoms with Gasteiger partial charge in [-0.3, -0.25) is 0 Å². The number of carboxylic acid groups (broad SMARTS) is 1. The summed E-state index contributed by atoms with van der Waals surface area (Å²) < 4.78 is 52.5. The van der Waals surface area contributed by atoms with Crippen LogP contribution in [0.15, 0.2) is 24.3 Å². The number of carbonyl (C=O) groups is 1. The third-order valence-corrected chi connectivity index (χ3v) is 6.73. The molecule has 12 heteroatoms. The first kappa shape index (κ1) is 23.1. The van der Waals surface area contributed by atoms with Crippen LogP contribution in [0.4, 0.5) is 14.5 Å². The number of anilines is 1. The Hall–Kier alpha value is -3.32. The normalized spacial score (nSPS) is 25.9. The van der Waals surface area contributed by atoms with Gasteiger partial charge in [0.1, 0.15) is 41.0 Å². The van der Waals surface area contributed by atoms with E-state index in [-0.39, 0.29) is 41.4 Å². The van der Waals surface area contributed by atoms with Crippen LogP contribution < -0.4 is 9.64 Å². The molecule has 0 amide bonds. The van der Waals surface area contributed by atoms with Crippen LogP contribution in [0.5, 0.6) is 5.88 Å². The third kappa shape index (κ3) is 3.86. The minimum absolute atomic E-state index is 0.00565. The Morgan fingerprint density at radius 2 is 1.83 bits per heavy atom. The molecule has 3 aliphatic rings. The number of carboxylic acids is 1. The number of ether oxygens (including phenoxy) is 4. The van der Waals surface area contributed by atoms with E-state index < -0.39 is 42.0 Å². The molecule has 2 aromatic heterocycles. The van der Waals surface area contributed by atoms with Crippen molar-refractivity contribution in [2.24, 2.45) is 0 Å². The SMILES string of the molecule is O=C(O)c1c(O[C@@H]2CO[C@H]3[C@@H]2OC[C@H]3O)[nH]c2ccc(-c3c(F)cc(N4CCOCC4)cc3F)nc12. The zero-order valence-corrected chi connectivity index (χ0v) is 18.9. The number of benzene rings is 1. The van der Waals surface area contributed by atoms with Crippen molar-refractivity contribution in [1.82, 2.24) is 9.97 Å². The van der Waals surface area contributed by atoms with Gasteiger partial charge in [-0.25, -0.2) is 18.6 Å². The number of aliphatic hydroxyl groups excluding tert-OH is 1. The maximum atomic E-state index is 15.1. The van der Waals surface area contributed by atoms with Gasteiger partial charge in [0.15, 0.2) is 6.10 Å². The topological polar surface area (TPSA) is 126 Å². The van der Waals surface area contributed by atoms with Crippen LogP contribution in [0.2, 0.25) is 0 Å². The van der Waals surface area contributed by atoms with Crippen molar-refractivity contribution in [3.8, 4) is 17.1 Å². The number of fused-ring (bicyclic) bond motifs is 2. The van der Waals surface area contributed by atoms with Crippen molar-refractivity contribution in [2.45, 2.75) is 24.4 Å². The Morgan fingerprint density at radius 3 is 2.56 bits per heavy atom. The number of nitrogens with zero attached hydrogens (tertiary/aromatic N) is 2. The van der Waals surface area contributed by atoms with E-state index in [0.717, 1.165) is 0 Å². The molecule has 6 rings (SSSR count). The summed E-state index contributed by atoms with van der Waals surface area (Å²) in [7, 11) is 0. The molecule has 0 saturated carbocycles. The smallest absolute Gasteiger partial charge is 0.343 e. The highest BCUT2D eigenvalue weighted by atomic mass is 19.1. The highest BCUT2D eigenvalue weighted by Crippen LogP contribution is 2.35. The molecule has 5 heterocycles. The van der Waals surface area contributed by atoms with Crippen molar-refractivity contribution in [3.05, 3.63) is 41.5 Å². The van der Waals surface area contributed by atoms with Crippen LogP contribution in [0.1, 0.15) is 10.4 Å². The van der Waals surface area contributed by atoms with E-state index in [1.807, 2.05) is 4.90 Å². The average Bonchev–Trinajstić information content (AvgIpc) is 3.54. The number of rotatable bonds is 5. The fourth-order valence-electron chi connectivity index (χ4n) is 4.97. The lowest BCUT2D eigenvalue weighted by Crippen LogP contribution is -2.36. The van der Waals surface area contributed by atoms with Crippen molar-refractivity contribution in [3.63, 3.8) is 0 Å². The zero-order chi connectivity index (χ0) is 25.0. The Balaban J connectivity index is 1.35. The maximum absolute atomic E-state index is 15.1. The summed E-state index contributed by atoms with van der Waals surface area (Å²) in [5.41, 5.74) is 0.0335. The number of aromatic carboxylic acids is 1. The number of aromatic nitrogens is 2. The maximum Gasteiger partial charge on any atom is 0.343 e. The van der Waals surface area contributed by atoms with Gasteiger partial charge in [-0.05, 0) is 24.3 Å². The van der Waals surface area contributed by atoms with Gasteiger partial charge in [0, 0.05) is 18.8 Å². The number of halogens is 2. The molecule has 3 aromatic rings. The van der Waals surface area contributed by atoms with Gasteiger partial charge in [0.25, 0.3) is 0 Å². The van der Waals surface area contributed by atoms with Gasteiger partial charge in [0.2, 0.25) is 5.88 Å². The van der Waals surface area contributed by atoms with Crippen LogP contribution in [-0.4, -0.2) is 90.1 Å². The number of hydrogen-bond acceptors (Lipinski definition) is 8. The minimum atomic E-state index is -1.33. The molecule has 1 aromatic carbocycles. The molecule has 10 nitrogen and oxygen atoms in total. The van der Waals surface area contributed by atoms with Gasteiger partial charge in [-0.1, -0.05) is 0 Å². The molecular formula is C24H23F2N3O7. The first-order valence-corrected chi connectivity index (χ1v) is 11.6. The molecule has 0 bridgehead atoms. The predicted molar refractivity (Wildman–Crippen MR) is 121 cm³/mol. The molecule has 36 heavy (non-hydrogen) atoms. The molecule has 4 atom stereocenters. The fraction of sp³-hybridized carbons (Fsp3) is 0.417. The average molecular weight is 503 g/mol. The molecule has 190 valence electrons. The van der Waals surface area contributed by atoms with Crippen molar-refractivity contribution in [1.29, 1.82) is 0 Å². The van der Waals surface area contributed by atoms with E-state index in [4.69, 9.17) is 18.9 Å². The number of hydrogen-bond donors (Lipinski definition) is 3. The number of aromatic amines is 1. The van der Waals surface area contributed by atoms with E-state index in [1.165, 1.54) is 24.3 Å². The van der Waals surface area contributed by atoms with Gasteiger partial charge >= 0.3 is 5.97 Å². The highest BCUT2D eigenvalue weighted by molar-refractivity contribution is 6.04. The third-order valence-electron chi connectivity index (χ3n) is 6.73. The number of morpholine rings is 1. The van der Waals surface area contributed by atoms with Gasteiger partial charge in [-0.15, -0.1) is 0 Å². The van der Waals surface area contributed by atoms with E-state index in [1.54, 1.807) is 0 Å². The summed E-state index contributed by atoms with van der Waals surface area (Å²) in [5, 5.41) is 19.8. The van der Waals surface area contributed by atoms with Gasteiger partial charge < -0.3 is 39.0 Å². The van der Waals surface area contributed by atoms with Crippen LogP contribution >= 0.6 is 0 Å². The molecule has 3 N–H and O–H groups in total. The van der Waals surface area contributed by atoms with Crippen LogP contribution in [-0.2, 0) is 14.2 Å². The fourth-order valence-corrected chi connectivity index (χ4v) is 4.97. The number of pyridine rings is 1. The molecule has 3 saturated heterocycles. The molecule has 0 radical (unpaired) electrons. The zero-order valence-electron chi connectivity index (χ0n) is 18.9. The Kier molecular flexibility index (Phi) is 5.75. The second-order valence-corrected chi connectivity index (χ2v) is 8.93. The summed E-state index contributed by atoms with van der Waals surface area (Å²) >= 11 is 0. The van der Waals surface area contributed by atoms with Crippen LogP contribution in [0.3, 0.4) is 0 Å². The molecule has 0 unspecified atom stereocenters. The van der Waals surface area contributed by atoms with E-state index in [0.29, 0.717) is 37.5 Å². The first-order valence-electron chi connectivity index (χ1n) is 11.6. The largest absolute Gasteiger partial charge is 0.477 e. The Labute approximate surface area is 203 Å². The summed E-state index contributed by atoms with van der Waals surface area (Å²) in [5.74, 6) is -3.02. The summed E-state index contributed by atoms with van der Waals surface area (Å²) in [6.07, 6.45) is -2.54. The number of nitrogens with one attached hydrogen (secondary N) is 1. The Morgan fingerprint density at radius 1 is 1.11 bits per heavy atom. The molecule has 0 aliphatic carbocycles. The van der Waals surface area contributed by atoms with E-state index >= 15 is 8.78 Å². The predicted octanol–water partition coefficient (Wildman–Crippen LogP) is 1.95. The molecule has 0 spiro atoms.